The van der Waals surface area contributed by atoms with Gasteiger partial charge in [-0.2, -0.15) is 0 Å². The maximum atomic E-state index is 12.1. The van der Waals surface area contributed by atoms with E-state index in [-0.39, 0.29) is 12.1 Å². The van der Waals surface area contributed by atoms with Crippen molar-refractivity contribution in [3.8, 4) is 0 Å². The summed E-state index contributed by atoms with van der Waals surface area (Å²) < 4.78 is 5.60. The first-order valence-electron chi connectivity index (χ1n) is 9.09. The Bertz CT molecular complexity index is 430. The van der Waals surface area contributed by atoms with E-state index in [1.54, 1.807) is 0 Å². The number of hydrogen-bond acceptors (Lipinski definition) is 2. The highest BCUT2D eigenvalue weighted by Crippen LogP contribution is 2.21. The number of aryl methyl sites for hydroxylation is 1. The van der Waals surface area contributed by atoms with Crippen LogP contribution in [0.1, 0.15) is 87.1 Å². The number of carbonyl (C=O) groups excluding carboxylic acids is 1. The average molecular weight is 302 g/mol. The maximum absolute atomic E-state index is 12.1. The second kappa shape index (κ2) is 9.66. The van der Waals surface area contributed by atoms with Crippen molar-refractivity contribution in [2.45, 2.75) is 83.7 Å². The molecule has 2 rings (SSSR count). The van der Waals surface area contributed by atoms with Crippen molar-refractivity contribution in [2.75, 3.05) is 0 Å². The van der Waals surface area contributed by atoms with Gasteiger partial charge in [-0.3, -0.25) is 0 Å². The third-order valence-corrected chi connectivity index (χ3v) is 4.58. The first kappa shape index (κ1) is 17.1. The van der Waals surface area contributed by atoms with Crippen molar-refractivity contribution < 1.29 is 9.53 Å². The van der Waals surface area contributed by atoms with Gasteiger partial charge in [0.2, 0.25) is 0 Å². The smallest absolute Gasteiger partial charge is 0.338 e. The van der Waals surface area contributed by atoms with E-state index < -0.39 is 0 Å². The van der Waals surface area contributed by atoms with E-state index in [9.17, 15) is 4.79 Å². The number of benzene rings is 1. The Morgan fingerprint density at radius 3 is 2.36 bits per heavy atom. The third kappa shape index (κ3) is 5.82. The number of esters is 1. The Labute approximate surface area is 135 Å². The first-order chi connectivity index (χ1) is 10.8. The molecule has 0 radical (unpaired) electrons. The van der Waals surface area contributed by atoms with E-state index in [0.29, 0.717) is 5.56 Å². The van der Waals surface area contributed by atoms with Crippen molar-refractivity contribution in [2.24, 2.45) is 0 Å². The average Bonchev–Trinajstić information content (AvgIpc) is 2.56. The predicted molar refractivity (Wildman–Crippen MR) is 91.2 cm³/mol. The van der Waals surface area contributed by atoms with Crippen LogP contribution in [0.4, 0.5) is 0 Å². The molecule has 0 amide bonds. The van der Waals surface area contributed by atoms with Gasteiger partial charge in [0.25, 0.3) is 0 Å². The first-order valence-corrected chi connectivity index (χ1v) is 9.09. The molecule has 1 aromatic rings. The minimum atomic E-state index is -0.151. The van der Waals surface area contributed by atoms with Gasteiger partial charge in [0.05, 0.1) is 5.56 Å². The van der Waals surface area contributed by atoms with Crippen molar-refractivity contribution >= 4 is 5.97 Å². The quantitative estimate of drug-likeness (QED) is 0.455. The molecule has 1 fully saturated rings. The van der Waals surface area contributed by atoms with Gasteiger partial charge >= 0.3 is 5.97 Å². The molecule has 1 saturated carbocycles. The van der Waals surface area contributed by atoms with Crippen LogP contribution in [0.2, 0.25) is 0 Å². The molecule has 2 nitrogen and oxygen atoms in total. The fourth-order valence-electron chi connectivity index (χ4n) is 3.14. The lowest BCUT2D eigenvalue weighted by molar-refractivity contribution is 0.0211. The summed E-state index contributed by atoms with van der Waals surface area (Å²) in [6.45, 7) is 2.24. The van der Waals surface area contributed by atoms with Gasteiger partial charge in [0.15, 0.2) is 0 Å². The van der Waals surface area contributed by atoms with Crippen molar-refractivity contribution in [3.63, 3.8) is 0 Å². The molecule has 0 spiro atoms. The summed E-state index contributed by atoms with van der Waals surface area (Å²) in [4.78, 5) is 12.1. The van der Waals surface area contributed by atoms with Crippen molar-refractivity contribution in [3.05, 3.63) is 35.4 Å². The lowest BCUT2D eigenvalue weighted by Crippen LogP contribution is -2.20. The summed E-state index contributed by atoms with van der Waals surface area (Å²) in [6, 6.07) is 8.01. The van der Waals surface area contributed by atoms with Crippen molar-refractivity contribution in [1.82, 2.24) is 0 Å². The van der Waals surface area contributed by atoms with Gasteiger partial charge in [0.1, 0.15) is 6.10 Å². The van der Waals surface area contributed by atoms with Gasteiger partial charge in [-0.1, -0.05) is 51.2 Å². The monoisotopic (exact) mass is 302 g/mol. The number of carbonyl (C=O) groups is 1. The van der Waals surface area contributed by atoms with Gasteiger partial charge in [-0.15, -0.1) is 0 Å². The molecule has 22 heavy (non-hydrogen) atoms. The molecule has 0 aliphatic heterocycles. The Morgan fingerprint density at radius 2 is 1.68 bits per heavy atom. The summed E-state index contributed by atoms with van der Waals surface area (Å²) in [5.74, 6) is -0.151. The van der Waals surface area contributed by atoms with Crippen LogP contribution in [0.25, 0.3) is 0 Å². The minimum absolute atomic E-state index is 0.138. The number of hydrogen-bond donors (Lipinski definition) is 0. The van der Waals surface area contributed by atoms with Crippen LogP contribution in [0.15, 0.2) is 24.3 Å². The largest absolute Gasteiger partial charge is 0.459 e. The Balaban J connectivity index is 1.74. The molecule has 122 valence electrons. The van der Waals surface area contributed by atoms with E-state index in [1.807, 2.05) is 12.1 Å². The summed E-state index contributed by atoms with van der Waals surface area (Å²) >= 11 is 0. The van der Waals surface area contributed by atoms with E-state index in [4.69, 9.17) is 4.74 Å². The van der Waals surface area contributed by atoms with E-state index in [1.165, 1.54) is 56.9 Å². The standard InChI is InChI=1S/C20H30O2/c1-2-3-4-5-7-10-17-13-15-18(16-14-17)20(21)22-19-11-8-6-9-12-19/h13-16,19H,2-12H2,1H3. The molecular weight excluding hydrogens is 272 g/mol. The van der Waals surface area contributed by atoms with Crippen LogP contribution < -0.4 is 0 Å². The van der Waals surface area contributed by atoms with E-state index >= 15 is 0 Å². The van der Waals surface area contributed by atoms with Gasteiger partial charge < -0.3 is 4.74 Å². The molecule has 0 bridgehead atoms. The van der Waals surface area contributed by atoms with Gasteiger partial charge in [-0.05, 0) is 56.2 Å². The van der Waals surface area contributed by atoms with Crippen LogP contribution in [-0.2, 0) is 11.2 Å². The van der Waals surface area contributed by atoms with Crippen LogP contribution >= 0.6 is 0 Å². The van der Waals surface area contributed by atoms with Crippen LogP contribution in [0.5, 0.6) is 0 Å². The van der Waals surface area contributed by atoms with E-state index in [0.717, 1.165) is 19.3 Å². The van der Waals surface area contributed by atoms with Gasteiger partial charge in [0, 0.05) is 0 Å². The number of ether oxygens (including phenoxy) is 1. The third-order valence-electron chi connectivity index (χ3n) is 4.58. The SMILES string of the molecule is CCCCCCCc1ccc(C(=O)OC2CCCCC2)cc1. The predicted octanol–water partition coefficient (Wildman–Crippen LogP) is 5.69. The van der Waals surface area contributed by atoms with Crippen molar-refractivity contribution in [1.29, 1.82) is 0 Å². The Morgan fingerprint density at radius 1 is 1.00 bits per heavy atom. The zero-order chi connectivity index (χ0) is 15.6. The highest BCUT2D eigenvalue weighted by Gasteiger charge is 2.18. The fraction of sp³-hybridized carbons (Fsp3) is 0.650. The summed E-state index contributed by atoms with van der Waals surface area (Å²) in [5, 5.41) is 0. The Kier molecular flexibility index (Phi) is 7.48. The lowest BCUT2D eigenvalue weighted by Gasteiger charge is -2.21. The molecule has 2 heteroatoms. The topological polar surface area (TPSA) is 26.3 Å². The fourth-order valence-corrected chi connectivity index (χ4v) is 3.14. The zero-order valence-corrected chi connectivity index (χ0v) is 14.0. The van der Waals surface area contributed by atoms with Crippen LogP contribution in [0.3, 0.4) is 0 Å². The number of unbranched alkanes of at least 4 members (excludes halogenated alkanes) is 4. The second-order valence-electron chi connectivity index (χ2n) is 6.53. The highest BCUT2D eigenvalue weighted by atomic mass is 16.5. The molecule has 0 aromatic heterocycles. The van der Waals surface area contributed by atoms with Gasteiger partial charge in [-0.25, -0.2) is 4.79 Å². The molecule has 1 aromatic carbocycles. The lowest BCUT2D eigenvalue weighted by atomic mass is 9.98. The molecule has 0 heterocycles. The second-order valence-corrected chi connectivity index (χ2v) is 6.53. The molecule has 1 aliphatic rings. The summed E-state index contributed by atoms with van der Waals surface area (Å²) in [7, 11) is 0. The molecule has 1 aliphatic carbocycles. The van der Waals surface area contributed by atoms with E-state index in [2.05, 4.69) is 19.1 Å². The molecule has 0 unspecified atom stereocenters. The zero-order valence-electron chi connectivity index (χ0n) is 14.0. The normalized spacial score (nSPS) is 15.7. The minimum Gasteiger partial charge on any atom is -0.459 e. The molecule has 0 atom stereocenters. The molecule has 0 saturated heterocycles. The maximum Gasteiger partial charge on any atom is 0.338 e. The van der Waals surface area contributed by atoms with Crippen LogP contribution in [-0.4, -0.2) is 12.1 Å². The number of rotatable bonds is 8. The Hall–Kier alpha value is -1.31. The van der Waals surface area contributed by atoms with Crippen LogP contribution in [0, 0.1) is 0 Å². The molecular formula is C20H30O2. The highest BCUT2D eigenvalue weighted by molar-refractivity contribution is 5.89. The summed E-state index contributed by atoms with van der Waals surface area (Å²) in [5.41, 5.74) is 2.02. The summed E-state index contributed by atoms with van der Waals surface area (Å²) in [6.07, 6.45) is 13.5. The molecule has 0 N–H and O–H groups in total.